The van der Waals surface area contributed by atoms with Crippen molar-refractivity contribution in [1.29, 1.82) is 0 Å². The molecule has 0 atom stereocenters. The van der Waals surface area contributed by atoms with E-state index >= 15 is 0 Å². The Labute approximate surface area is 161 Å². The summed E-state index contributed by atoms with van der Waals surface area (Å²) in [6.45, 7) is 1.99. The smallest absolute Gasteiger partial charge is 0.266 e. The van der Waals surface area contributed by atoms with Crippen LogP contribution in [0.4, 0.5) is 0 Å². The van der Waals surface area contributed by atoms with Gasteiger partial charge in [-0.05, 0) is 55.0 Å². The van der Waals surface area contributed by atoms with Crippen molar-refractivity contribution in [2.45, 2.75) is 6.92 Å². The van der Waals surface area contributed by atoms with Gasteiger partial charge in [0.15, 0.2) is 11.5 Å². The molecule has 0 bridgehead atoms. The average Bonchev–Trinajstić information content (AvgIpc) is 2.70. The zero-order valence-corrected chi connectivity index (χ0v) is 15.2. The summed E-state index contributed by atoms with van der Waals surface area (Å²) < 4.78 is 1.57. The van der Waals surface area contributed by atoms with Crippen molar-refractivity contribution in [3.8, 4) is 17.2 Å². The minimum Gasteiger partial charge on any atom is -0.504 e. The van der Waals surface area contributed by atoms with Crippen molar-refractivity contribution in [3.05, 3.63) is 94.0 Å². The number of hydrogen-bond donors (Lipinski definition) is 2. The highest BCUT2D eigenvalue weighted by Gasteiger charge is 2.11. The average molecular weight is 370 g/mol. The van der Waals surface area contributed by atoms with Gasteiger partial charge < -0.3 is 10.2 Å². The van der Waals surface area contributed by atoms with Crippen molar-refractivity contribution < 1.29 is 10.2 Å². The zero-order chi connectivity index (χ0) is 19.7. The van der Waals surface area contributed by atoms with Crippen molar-refractivity contribution in [2.75, 3.05) is 0 Å². The van der Waals surface area contributed by atoms with Crippen LogP contribution in [0.25, 0.3) is 28.7 Å². The zero-order valence-electron chi connectivity index (χ0n) is 15.2. The number of aryl methyl sites for hydroxylation is 1. The first-order chi connectivity index (χ1) is 13.5. The van der Waals surface area contributed by atoms with Crippen LogP contribution in [0.3, 0.4) is 0 Å². The second-order valence-corrected chi connectivity index (χ2v) is 6.54. The van der Waals surface area contributed by atoms with Crippen LogP contribution in [-0.2, 0) is 0 Å². The van der Waals surface area contributed by atoms with Gasteiger partial charge in [0.25, 0.3) is 5.56 Å². The Morgan fingerprint density at radius 3 is 2.39 bits per heavy atom. The minimum absolute atomic E-state index is 0.150. The van der Waals surface area contributed by atoms with Crippen LogP contribution < -0.4 is 5.56 Å². The lowest BCUT2D eigenvalue weighted by Crippen LogP contribution is -2.22. The molecule has 0 aliphatic carbocycles. The summed E-state index contributed by atoms with van der Waals surface area (Å²) >= 11 is 0. The summed E-state index contributed by atoms with van der Waals surface area (Å²) in [5, 5.41) is 19.7. The third kappa shape index (κ3) is 3.25. The first-order valence-electron chi connectivity index (χ1n) is 8.82. The van der Waals surface area contributed by atoms with Crippen LogP contribution in [0.15, 0.2) is 71.5 Å². The molecule has 0 aliphatic heterocycles. The Balaban J connectivity index is 1.91. The molecule has 1 heterocycles. The molecule has 0 aliphatic rings. The number of aromatic hydroxyl groups is 2. The first kappa shape index (κ1) is 17.5. The molecule has 0 spiro atoms. The SMILES string of the molecule is Cc1ccc(-n2c(C=Cc3ccc(O)c(O)c3)nc3ccccc3c2=O)cc1. The lowest BCUT2D eigenvalue weighted by atomic mass is 10.1. The van der Waals surface area contributed by atoms with Gasteiger partial charge in [-0.1, -0.05) is 42.0 Å². The van der Waals surface area contributed by atoms with Crippen LogP contribution >= 0.6 is 0 Å². The topological polar surface area (TPSA) is 75.3 Å². The summed E-state index contributed by atoms with van der Waals surface area (Å²) in [6.07, 6.45) is 3.46. The van der Waals surface area contributed by atoms with Gasteiger partial charge in [-0.3, -0.25) is 9.36 Å². The fourth-order valence-electron chi connectivity index (χ4n) is 3.02. The van der Waals surface area contributed by atoms with Crippen LogP contribution in [0.2, 0.25) is 0 Å². The van der Waals surface area contributed by atoms with E-state index in [-0.39, 0.29) is 17.1 Å². The Morgan fingerprint density at radius 1 is 0.893 bits per heavy atom. The number of fused-ring (bicyclic) bond motifs is 1. The van der Waals surface area contributed by atoms with E-state index in [1.54, 1.807) is 34.9 Å². The van der Waals surface area contributed by atoms with E-state index in [0.29, 0.717) is 22.3 Å². The van der Waals surface area contributed by atoms with Gasteiger partial charge in [-0.15, -0.1) is 0 Å². The standard InChI is InChI=1S/C23H18N2O3/c1-15-6-10-17(11-7-15)25-22(13-9-16-8-12-20(26)21(27)14-16)24-19-5-3-2-4-18(19)23(25)28/h2-14,26-27H,1H3. The van der Waals surface area contributed by atoms with E-state index in [1.165, 1.54) is 12.1 Å². The Morgan fingerprint density at radius 2 is 1.64 bits per heavy atom. The van der Waals surface area contributed by atoms with Crippen LogP contribution in [-0.4, -0.2) is 19.8 Å². The second kappa shape index (κ2) is 7.04. The fourth-order valence-corrected chi connectivity index (χ4v) is 3.02. The maximum Gasteiger partial charge on any atom is 0.266 e. The van der Waals surface area contributed by atoms with E-state index in [1.807, 2.05) is 43.3 Å². The Hall–Kier alpha value is -3.86. The summed E-state index contributed by atoms with van der Waals surface area (Å²) in [5.74, 6) is 0.0854. The molecule has 0 saturated carbocycles. The largest absolute Gasteiger partial charge is 0.504 e. The van der Waals surface area contributed by atoms with Gasteiger partial charge >= 0.3 is 0 Å². The minimum atomic E-state index is -0.204. The molecule has 1 aromatic heterocycles. The maximum absolute atomic E-state index is 13.2. The van der Waals surface area contributed by atoms with Gasteiger partial charge in [-0.25, -0.2) is 4.98 Å². The Bertz CT molecular complexity index is 1260. The third-order valence-electron chi connectivity index (χ3n) is 4.52. The number of phenolic OH excluding ortho intramolecular Hbond substituents is 2. The van der Waals surface area contributed by atoms with E-state index in [9.17, 15) is 15.0 Å². The third-order valence-corrected chi connectivity index (χ3v) is 4.52. The lowest BCUT2D eigenvalue weighted by molar-refractivity contribution is 0.403. The summed E-state index contributed by atoms with van der Waals surface area (Å²) in [6, 6.07) is 19.4. The van der Waals surface area contributed by atoms with Crippen LogP contribution in [0.5, 0.6) is 11.5 Å². The molecule has 0 fully saturated rings. The molecule has 138 valence electrons. The molecular formula is C23H18N2O3. The lowest BCUT2D eigenvalue weighted by Gasteiger charge is -2.11. The molecule has 4 aromatic rings. The fraction of sp³-hybridized carbons (Fsp3) is 0.0435. The molecule has 0 amide bonds. The van der Waals surface area contributed by atoms with Gasteiger partial charge in [-0.2, -0.15) is 0 Å². The van der Waals surface area contributed by atoms with E-state index in [2.05, 4.69) is 4.98 Å². The number of rotatable bonds is 3. The van der Waals surface area contributed by atoms with Crippen LogP contribution in [0, 0.1) is 6.92 Å². The van der Waals surface area contributed by atoms with E-state index < -0.39 is 0 Å². The predicted octanol–water partition coefficient (Wildman–Crippen LogP) is 4.28. The maximum atomic E-state index is 13.2. The van der Waals surface area contributed by atoms with Crippen LogP contribution in [0.1, 0.15) is 17.0 Å². The number of nitrogens with zero attached hydrogens (tertiary/aromatic N) is 2. The molecule has 5 nitrogen and oxygen atoms in total. The number of phenols is 2. The van der Waals surface area contributed by atoms with Gasteiger partial charge in [0.2, 0.25) is 0 Å². The molecule has 0 radical (unpaired) electrons. The summed E-state index contributed by atoms with van der Waals surface area (Å²) in [4.78, 5) is 17.8. The normalized spacial score (nSPS) is 11.3. The molecule has 28 heavy (non-hydrogen) atoms. The quantitative estimate of drug-likeness (QED) is 0.528. The molecule has 0 saturated heterocycles. The number of benzene rings is 3. The van der Waals surface area contributed by atoms with Crippen molar-refractivity contribution in [3.63, 3.8) is 0 Å². The van der Waals surface area contributed by atoms with Crippen molar-refractivity contribution in [2.24, 2.45) is 0 Å². The number of aromatic nitrogens is 2. The summed E-state index contributed by atoms with van der Waals surface area (Å²) in [5.41, 5.74) is 2.96. The number of hydrogen-bond acceptors (Lipinski definition) is 4. The van der Waals surface area contributed by atoms with E-state index in [0.717, 1.165) is 11.3 Å². The molecule has 5 heteroatoms. The predicted molar refractivity (Wildman–Crippen MR) is 111 cm³/mol. The molecule has 0 unspecified atom stereocenters. The summed E-state index contributed by atoms with van der Waals surface area (Å²) in [7, 11) is 0. The van der Waals surface area contributed by atoms with Crippen molar-refractivity contribution in [1.82, 2.24) is 9.55 Å². The number of para-hydroxylation sites is 1. The first-order valence-corrected chi connectivity index (χ1v) is 8.82. The van der Waals surface area contributed by atoms with Gasteiger partial charge in [0.05, 0.1) is 16.6 Å². The van der Waals surface area contributed by atoms with Gasteiger partial charge in [0, 0.05) is 0 Å². The molecule has 2 N–H and O–H groups in total. The van der Waals surface area contributed by atoms with Crippen molar-refractivity contribution >= 4 is 23.1 Å². The second-order valence-electron chi connectivity index (χ2n) is 6.54. The highest BCUT2D eigenvalue weighted by molar-refractivity contribution is 5.80. The highest BCUT2D eigenvalue weighted by atomic mass is 16.3. The van der Waals surface area contributed by atoms with Gasteiger partial charge in [0.1, 0.15) is 5.82 Å². The van der Waals surface area contributed by atoms with E-state index in [4.69, 9.17) is 0 Å². The monoisotopic (exact) mass is 370 g/mol. The highest BCUT2D eigenvalue weighted by Crippen LogP contribution is 2.26. The molecule has 4 rings (SSSR count). The Kier molecular flexibility index (Phi) is 4.41. The molecule has 3 aromatic carbocycles. The molecular weight excluding hydrogens is 352 g/mol.